The van der Waals surface area contributed by atoms with E-state index < -0.39 is 5.60 Å². The molecule has 4 aliphatic carbocycles. The molecule has 0 aromatic carbocycles. The van der Waals surface area contributed by atoms with Gasteiger partial charge in [-0.2, -0.15) is 0 Å². The van der Waals surface area contributed by atoms with Crippen LogP contribution in [-0.2, 0) is 4.79 Å². The van der Waals surface area contributed by atoms with E-state index in [2.05, 4.69) is 26.7 Å². The maximum atomic E-state index is 11.5. The number of rotatable bonds is 3. The summed E-state index contributed by atoms with van der Waals surface area (Å²) in [4.78, 5) is 8.00. The summed E-state index contributed by atoms with van der Waals surface area (Å²) in [6.45, 7) is 8.99. The highest BCUT2D eigenvalue weighted by atomic mass is 16.3. The Bertz CT molecular complexity index is 690. The van der Waals surface area contributed by atoms with E-state index >= 15 is 0 Å². The average Bonchev–Trinajstić information content (AvgIpc) is 3.10. The van der Waals surface area contributed by atoms with Gasteiger partial charge in [-0.25, -0.2) is 0 Å². The van der Waals surface area contributed by atoms with Crippen LogP contribution in [-0.4, -0.2) is 51.6 Å². The third-order valence-corrected chi connectivity index (χ3v) is 10.5. The zero-order chi connectivity index (χ0) is 23.2. The number of terminal acetylenes is 1. The predicted octanol–water partition coefficient (Wildman–Crippen LogP) is 2.78. The van der Waals surface area contributed by atoms with E-state index in [0.717, 1.165) is 32.1 Å². The number of fused-ring (bicyclic) bond motifs is 5. The molecule has 0 heterocycles. The summed E-state index contributed by atoms with van der Waals surface area (Å²) in [5.41, 5.74) is -1.21. The molecule has 5 nitrogen and oxygen atoms in total. The molecule has 0 radical (unpaired) electrons. The van der Waals surface area contributed by atoms with Crippen LogP contribution >= 0.6 is 0 Å². The van der Waals surface area contributed by atoms with Crippen LogP contribution in [0.2, 0.25) is 0 Å². The molecule has 31 heavy (non-hydrogen) atoms. The normalized spacial score (nSPS) is 51.9. The summed E-state index contributed by atoms with van der Waals surface area (Å²) < 4.78 is 0. The molecule has 0 bridgehead atoms. The lowest BCUT2D eigenvalue weighted by Gasteiger charge is -2.64. The van der Waals surface area contributed by atoms with Crippen LogP contribution in [0.5, 0.6) is 0 Å². The van der Waals surface area contributed by atoms with Crippen LogP contribution in [0.3, 0.4) is 0 Å². The van der Waals surface area contributed by atoms with Gasteiger partial charge in [-0.3, -0.25) is 0 Å². The van der Waals surface area contributed by atoms with Gasteiger partial charge >= 0.3 is 0 Å². The summed E-state index contributed by atoms with van der Waals surface area (Å²) in [7, 11) is 0. The Morgan fingerprint density at radius 1 is 1.13 bits per heavy atom. The first-order chi connectivity index (χ1) is 14.6. The third-order valence-electron chi connectivity index (χ3n) is 10.5. The van der Waals surface area contributed by atoms with Gasteiger partial charge in [0.05, 0.1) is 12.2 Å². The van der Waals surface area contributed by atoms with Crippen molar-refractivity contribution in [1.82, 2.24) is 0 Å². The van der Waals surface area contributed by atoms with Crippen molar-refractivity contribution < 1.29 is 25.2 Å². The number of carbonyl (C=O) groups is 1. The second-order valence-corrected chi connectivity index (χ2v) is 11.5. The Morgan fingerprint density at radius 3 is 2.42 bits per heavy atom. The number of hydrogen-bond acceptors (Lipinski definition) is 5. The Hall–Kier alpha value is -0.930. The van der Waals surface area contributed by atoms with Gasteiger partial charge in [0.2, 0.25) is 0 Å². The van der Waals surface area contributed by atoms with Crippen LogP contribution < -0.4 is 0 Å². The van der Waals surface area contributed by atoms with Gasteiger partial charge in [0, 0.05) is 6.61 Å². The van der Waals surface area contributed by atoms with Crippen LogP contribution in [0, 0.1) is 58.7 Å². The molecule has 5 heteroatoms. The summed E-state index contributed by atoms with van der Waals surface area (Å²) >= 11 is 0. The van der Waals surface area contributed by atoms with E-state index in [4.69, 9.17) is 11.2 Å². The van der Waals surface area contributed by atoms with Crippen molar-refractivity contribution in [3.63, 3.8) is 0 Å². The number of hydrogen-bond donors (Lipinski definition) is 4. The first-order valence-electron chi connectivity index (χ1n) is 12.1. The Kier molecular flexibility index (Phi) is 7.00. The fourth-order valence-electron chi connectivity index (χ4n) is 8.68. The molecule has 6 unspecified atom stereocenters. The summed E-state index contributed by atoms with van der Waals surface area (Å²) in [6.07, 6.45) is 11.3. The predicted molar refractivity (Wildman–Crippen MR) is 120 cm³/mol. The molecule has 11 atom stereocenters. The van der Waals surface area contributed by atoms with Crippen LogP contribution in [0.25, 0.3) is 0 Å². The first-order valence-corrected chi connectivity index (χ1v) is 12.1. The highest BCUT2D eigenvalue weighted by Crippen LogP contribution is 2.68. The van der Waals surface area contributed by atoms with Crippen molar-refractivity contribution in [3.8, 4) is 12.3 Å². The smallest absolute Gasteiger partial charge is 0.125 e. The zero-order valence-electron chi connectivity index (χ0n) is 19.5. The molecular weight excluding hydrogens is 392 g/mol. The molecule has 0 aliphatic heterocycles. The van der Waals surface area contributed by atoms with Crippen molar-refractivity contribution in [3.05, 3.63) is 0 Å². The maximum Gasteiger partial charge on any atom is 0.125 e. The lowest BCUT2D eigenvalue weighted by atomic mass is 9.42. The summed E-state index contributed by atoms with van der Waals surface area (Å²) in [5.74, 6) is 4.40. The zero-order valence-corrected chi connectivity index (χ0v) is 19.5. The van der Waals surface area contributed by atoms with Gasteiger partial charge in [0.15, 0.2) is 0 Å². The topological polar surface area (TPSA) is 98.0 Å². The monoisotopic (exact) mass is 434 g/mol. The Morgan fingerprint density at radius 2 is 1.81 bits per heavy atom. The lowest BCUT2D eigenvalue weighted by molar-refractivity contribution is -0.211. The second-order valence-electron chi connectivity index (χ2n) is 11.5. The molecule has 4 fully saturated rings. The minimum Gasteiger partial charge on any atom is -0.396 e. The van der Waals surface area contributed by atoms with E-state index in [9.17, 15) is 20.4 Å². The van der Waals surface area contributed by atoms with Crippen LogP contribution in [0.1, 0.15) is 72.1 Å². The Balaban J connectivity index is 0.00000132. The van der Waals surface area contributed by atoms with Gasteiger partial charge in [0.1, 0.15) is 12.4 Å². The molecule has 0 amide bonds. The fraction of sp³-hybridized carbons (Fsp3) is 0.885. The van der Waals surface area contributed by atoms with Crippen molar-refractivity contribution in [2.45, 2.75) is 89.9 Å². The van der Waals surface area contributed by atoms with Gasteiger partial charge in [0.25, 0.3) is 0 Å². The molecule has 4 aliphatic rings. The van der Waals surface area contributed by atoms with Gasteiger partial charge in [-0.05, 0) is 97.7 Å². The molecular formula is C26H42O5. The highest BCUT2D eigenvalue weighted by Gasteiger charge is 2.66. The third kappa shape index (κ3) is 3.68. The van der Waals surface area contributed by atoms with Crippen LogP contribution in [0.4, 0.5) is 0 Å². The number of carbonyl (C=O) groups excluding carboxylic acids is 1. The molecule has 0 aromatic rings. The lowest BCUT2D eigenvalue weighted by Crippen LogP contribution is -2.63. The number of aliphatic hydroxyl groups excluding tert-OH is 3. The molecule has 0 saturated heterocycles. The highest BCUT2D eigenvalue weighted by molar-refractivity contribution is 5.18. The molecule has 0 aromatic heterocycles. The van der Waals surface area contributed by atoms with Crippen molar-refractivity contribution in [2.24, 2.45) is 46.3 Å². The van der Waals surface area contributed by atoms with Gasteiger partial charge < -0.3 is 25.2 Å². The average molecular weight is 435 g/mol. The van der Waals surface area contributed by atoms with Gasteiger partial charge in [-0.15, -0.1) is 6.42 Å². The van der Waals surface area contributed by atoms with Crippen molar-refractivity contribution in [2.75, 3.05) is 6.61 Å². The van der Waals surface area contributed by atoms with Crippen LogP contribution in [0.15, 0.2) is 0 Å². The van der Waals surface area contributed by atoms with E-state index in [1.807, 2.05) is 6.79 Å². The molecule has 176 valence electrons. The maximum absolute atomic E-state index is 11.5. The largest absolute Gasteiger partial charge is 0.396 e. The van der Waals surface area contributed by atoms with E-state index in [1.54, 1.807) is 0 Å². The van der Waals surface area contributed by atoms with Gasteiger partial charge in [-0.1, -0.05) is 26.7 Å². The molecule has 4 rings (SSSR count). The molecule has 0 spiro atoms. The van der Waals surface area contributed by atoms with E-state index in [1.165, 1.54) is 0 Å². The van der Waals surface area contributed by atoms with Crippen molar-refractivity contribution in [1.29, 1.82) is 0 Å². The minimum absolute atomic E-state index is 0.0179. The van der Waals surface area contributed by atoms with E-state index in [-0.39, 0.29) is 47.4 Å². The van der Waals surface area contributed by atoms with E-state index in [0.29, 0.717) is 37.0 Å². The minimum atomic E-state index is -1.04. The molecule has 4 N–H and O–H groups in total. The second kappa shape index (κ2) is 8.78. The summed E-state index contributed by atoms with van der Waals surface area (Å²) in [5, 5.41) is 43.0. The first kappa shape index (κ1) is 24.7. The van der Waals surface area contributed by atoms with Crippen molar-refractivity contribution >= 4 is 6.79 Å². The fourth-order valence-corrected chi connectivity index (χ4v) is 8.68. The summed E-state index contributed by atoms with van der Waals surface area (Å²) in [6, 6.07) is 0. The quantitative estimate of drug-likeness (QED) is 0.512. The SMILES string of the molecule is C#C[C@@]1(O)CC[C@@]2(C)C(CC(O)C3C2CC(O)[C@@]2(C)C3CC[C@@H]2[C@H](C)CCO)C1.C=O. The number of aliphatic hydroxyl groups is 4. The molecule has 4 saturated carbocycles. The Labute approximate surface area is 187 Å². The standard InChI is InChI=1S/C25H40O4.CH2O/c1-5-25(29)10-9-23(3)16(14-25)12-20(27)22-18-7-6-17(15(2)8-11-26)24(18,4)21(28)13-19(22)23;1-2/h1,15-22,26-29H,6-14H2,2-4H3;1H2/t15-,16?,17-,18?,19?,20?,21?,22?,23+,24-,25-;/m1./s1.